The fourth-order valence-corrected chi connectivity index (χ4v) is 10.8. The number of benzene rings is 5. The Morgan fingerprint density at radius 3 is 1.62 bits per heavy atom. The molecule has 1 nitrogen and oxygen atoms in total. The molecule has 6 rings (SSSR count). The van der Waals surface area contributed by atoms with Crippen molar-refractivity contribution in [1.82, 2.24) is 0 Å². The maximum atomic E-state index is 6.03. The first-order valence-corrected chi connectivity index (χ1v) is 13.0. The Balaban J connectivity index is 1.80. The quantitative estimate of drug-likeness (QED) is 0.332. The van der Waals surface area contributed by atoms with E-state index in [1.165, 1.54) is 43.0 Å². The van der Waals surface area contributed by atoms with Crippen LogP contribution in [-0.2, 0) is 0 Å². The Morgan fingerprint density at radius 1 is 0.438 bits per heavy atom. The van der Waals surface area contributed by atoms with Crippen LogP contribution in [0.1, 0.15) is 0 Å². The molecule has 0 fully saturated rings. The van der Waals surface area contributed by atoms with Crippen LogP contribution in [0, 0.1) is 0 Å². The Morgan fingerprint density at radius 2 is 0.969 bits per heavy atom. The summed E-state index contributed by atoms with van der Waals surface area (Å²) in [6.07, 6.45) is 0. The van der Waals surface area contributed by atoms with E-state index in [9.17, 15) is 0 Å². The average Bonchev–Trinajstić information content (AvgIpc) is 3.17. The molecule has 0 aromatic heterocycles. The third kappa shape index (κ3) is 2.63. The first kappa shape index (κ1) is 18.9. The van der Waals surface area contributed by atoms with Crippen LogP contribution in [0.5, 0.6) is 0 Å². The van der Waals surface area contributed by atoms with Gasteiger partial charge in [-0.1, -0.05) is 126 Å². The van der Waals surface area contributed by atoms with Crippen LogP contribution < -0.4 is 26.5 Å². The lowest BCUT2D eigenvalue weighted by Gasteiger charge is -2.45. The summed E-state index contributed by atoms with van der Waals surface area (Å²) in [5.41, 5.74) is 12.1. The van der Waals surface area contributed by atoms with Crippen molar-refractivity contribution in [2.75, 3.05) is 5.73 Å². The summed E-state index contributed by atoms with van der Waals surface area (Å²) < 4.78 is 0. The fourth-order valence-electron chi connectivity index (χ4n) is 5.41. The normalized spacial score (nSPS) is 13.4. The highest BCUT2D eigenvalue weighted by Crippen LogP contribution is 2.33. The fraction of sp³-hybridized carbons (Fsp3) is 0. The molecule has 1 aliphatic rings. The first-order valence-electron chi connectivity index (χ1n) is 11.0. The van der Waals surface area contributed by atoms with Crippen LogP contribution in [0.2, 0.25) is 0 Å². The lowest BCUT2D eigenvalue weighted by Crippen LogP contribution is -2.73. The van der Waals surface area contributed by atoms with Crippen LogP contribution in [0.3, 0.4) is 0 Å². The molecule has 0 aliphatic carbocycles. The molecule has 5 aromatic carbocycles. The highest BCUT2D eigenvalue weighted by atomic mass is 28.3. The molecule has 0 spiro atoms. The van der Waals surface area contributed by atoms with E-state index in [0.717, 1.165) is 5.69 Å². The topological polar surface area (TPSA) is 26.0 Å². The van der Waals surface area contributed by atoms with Crippen molar-refractivity contribution in [3.8, 4) is 22.3 Å². The van der Waals surface area contributed by atoms with E-state index in [0.29, 0.717) is 0 Å². The van der Waals surface area contributed by atoms with E-state index in [4.69, 9.17) is 5.73 Å². The molecule has 1 aliphatic heterocycles. The standard InChI is InChI=1S/C30H23NSi/c31-23-20-18-22(19-21-23)26-15-9-16-28-27-14-7-8-17-29(27)32(30(26)28,24-10-3-1-4-11-24)25-12-5-2-6-13-25/h1-21H,31H2/q-1. The summed E-state index contributed by atoms with van der Waals surface area (Å²) >= 11 is 0. The third-order valence-corrected chi connectivity index (χ3v) is 11.6. The first-order chi connectivity index (χ1) is 15.8. The van der Waals surface area contributed by atoms with E-state index in [1.54, 1.807) is 0 Å². The molecule has 0 saturated carbocycles. The molecule has 2 heteroatoms. The smallest absolute Gasteiger partial charge is 0.0314 e. The second kappa shape index (κ2) is 7.36. The zero-order valence-electron chi connectivity index (χ0n) is 17.7. The van der Waals surface area contributed by atoms with Gasteiger partial charge in [0.15, 0.2) is 0 Å². The number of nitrogens with two attached hydrogens (primary N) is 1. The minimum Gasteiger partial charge on any atom is -0.399 e. The van der Waals surface area contributed by atoms with E-state index in [2.05, 4.69) is 115 Å². The number of rotatable bonds is 3. The second-order valence-electron chi connectivity index (χ2n) is 8.38. The predicted molar refractivity (Wildman–Crippen MR) is 139 cm³/mol. The summed E-state index contributed by atoms with van der Waals surface area (Å²) in [7, 11) is -2.50. The predicted octanol–water partition coefficient (Wildman–Crippen LogP) is 4.29. The Labute approximate surface area is 189 Å². The van der Waals surface area contributed by atoms with E-state index >= 15 is 0 Å². The lowest BCUT2D eigenvalue weighted by atomic mass is 9.99. The van der Waals surface area contributed by atoms with Crippen LogP contribution in [0.25, 0.3) is 22.3 Å². The summed E-state index contributed by atoms with van der Waals surface area (Å²) in [5.74, 6) is 0. The molecule has 5 aromatic rings. The van der Waals surface area contributed by atoms with Gasteiger partial charge in [0.25, 0.3) is 0 Å². The number of nitrogen functional groups attached to an aromatic ring is 1. The van der Waals surface area contributed by atoms with Gasteiger partial charge in [-0.25, -0.2) is 0 Å². The molecule has 0 atom stereocenters. The summed E-state index contributed by atoms with van der Waals surface area (Å²) in [6.45, 7) is 0. The number of hydrogen-bond acceptors (Lipinski definition) is 1. The lowest BCUT2D eigenvalue weighted by molar-refractivity contribution is 1.63. The van der Waals surface area contributed by atoms with Crippen LogP contribution in [0.4, 0.5) is 5.69 Å². The molecule has 0 bridgehead atoms. The molecule has 0 unspecified atom stereocenters. The zero-order valence-corrected chi connectivity index (χ0v) is 18.7. The van der Waals surface area contributed by atoms with Crippen molar-refractivity contribution in [1.29, 1.82) is 0 Å². The molecular weight excluding hydrogens is 402 g/mol. The monoisotopic (exact) mass is 425 g/mol. The molecule has 1 heterocycles. The molecule has 32 heavy (non-hydrogen) atoms. The maximum Gasteiger partial charge on any atom is 0.0314 e. The highest BCUT2D eigenvalue weighted by Gasteiger charge is 2.37. The maximum absolute atomic E-state index is 6.03. The van der Waals surface area contributed by atoms with Crippen molar-refractivity contribution in [3.63, 3.8) is 0 Å². The van der Waals surface area contributed by atoms with E-state index in [-0.39, 0.29) is 0 Å². The van der Waals surface area contributed by atoms with Gasteiger partial charge in [-0.2, -0.15) is 20.7 Å². The van der Waals surface area contributed by atoms with Gasteiger partial charge < -0.3 is 5.73 Å². The van der Waals surface area contributed by atoms with Crippen molar-refractivity contribution in [2.45, 2.75) is 0 Å². The van der Waals surface area contributed by atoms with Gasteiger partial charge in [-0.15, -0.1) is 0 Å². The Hall–Kier alpha value is -3.88. The van der Waals surface area contributed by atoms with E-state index in [1.807, 2.05) is 12.1 Å². The second-order valence-corrected chi connectivity index (χ2v) is 12.1. The molecule has 0 saturated heterocycles. The SMILES string of the molecule is Nc1ccc(-c2cccc3c2[Si-](c2ccccc2)(c2ccccc2)c2ccccc2-3)cc1. The third-order valence-electron chi connectivity index (χ3n) is 6.70. The van der Waals surface area contributed by atoms with Crippen LogP contribution in [0.15, 0.2) is 127 Å². The van der Waals surface area contributed by atoms with Crippen molar-refractivity contribution >= 4 is 34.5 Å². The summed E-state index contributed by atoms with van der Waals surface area (Å²) in [5, 5.41) is 5.78. The molecule has 153 valence electrons. The minimum absolute atomic E-state index is 0.791. The summed E-state index contributed by atoms with van der Waals surface area (Å²) in [6, 6.07) is 46.4. The van der Waals surface area contributed by atoms with Crippen LogP contribution >= 0.6 is 0 Å². The molecule has 2 N–H and O–H groups in total. The van der Waals surface area contributed by atoms with Crippen molar-refractivity contribution < 1.29 is 0 Å². The minimum atomic E-state index is -2.50. The zero-order chi connectivity index (χ0) is 21.5. The van der Waals surface area contributed by atoms with Gasteiger partial charge in [-0.3, -0.25) is 0 Å². The van der Waals surface area contributed by atoms with Gasteiger partial charge in [0.2, 0.25) is 0 Å². The van der Waals surface area contributed by atoms with Gasteiger partial charge in [0.05, 0.1) is 0 Å². The van der Waals surface area contributed by atoms with Crippen molar-refractivity contribution in [3.05, 3.63) is 127 Å². The largest absolute Gasteiger partial charge is 0.399 e. The Bertz CT molecular complexity index is 1370. The number of fused-ring (bicyclic) bond motifs is 3. The number of hydrogen-bond donors (Lipinski definition) is 1. The molecular formula is C30H23NSi-. The van der Waals surface area contributed by atoms with Gasteiger partial charge in [0.1, 0.15) is 0 Å². The number of anilines is 1. The van der Waals surface area contributed by atoms with Gasteiger partial charge in [-0.05, 0) is 31.3 Å². The Kier molecular flexibility index (Phi) is 4.34. The van der Waals surface area contributed by atoms with E-state index < -0.39 is 8.07 Å². The highest BCUT2D eigenvalue weighted by molar-refractivity contribution is 7.22. The molecule has 0 amide bonds. The summed E-state index contributed by atoms with van der Waals surface area (Å²) in [4.78, 5) is 0. The average molecular weight is 426 g/mol. The van der Waals surface area contributed by atoms with Gasteiger partial charge in [0, 0.05) is 5.69 Å². The molecule has 0 radical (unpaired) electrons. The van der Waals surface area contributed by atoms with Crippen molar-refractivity contribution in [2.24, 2.45) is 0 Å². The van der Waals surface area contributed by atoms with Crippen LogP contribution in [-0.4, -0.2) is 8.07 Å². The van der Waals surface area contributed by atoms with Gasteiger partial charge >= 0.3 is 0 Å².